The minimum Gasteiger partial charge on any atom is -0.392 e. The van der Waals surface area contributed by atoms with Crippen LogP contribution in [-0.4, -0.2) is 16.8 Å². The van der Waals surface area contributed by atoms with Gasteiger partial charge in [-0.05, 0) is 24.1 Å². The topological polar surface area (TPSA) is 40.5 Å². The summed E-state index contributed by atoms with van der Waals surface area (Å²) in [5.41, 5.74) is 2.80. The Morgan fingerprint density at radius 3 is 2.62 bits per heavy atom. The molecule has 0 radical (unpaired) electrons. The second-order valence-corrected chi connectivity index (χ2v) is 2.77. The first kappa shape index (κ1) is 9.79. The summed E-state index contributed by atoms with van der Waals surface area (Å²) in [5, 5.41) is 17.4. The Kier molecular flexibility index (Phi) is 3.51. The average molecular weight is 176 g/mol. The number of aliphatic hydroxyl groups is 2. The van der Waals surface area contributed by atoms with Crippen molar-refractivity contribution in [3.8, 4) is 11.8 Å². The average Bonchev–Trinajstić information content (AvgIpc) is 2.16. The van der Waals surface area contributed by atoms with E-state index in [2.05, 4.69) is 11.8 Å². The van der Waals surface area contributed by atoms with Gasteiger partial charge in [0.25, 0.3) is 0 Å². The van der Waals surface area contributed by atoms with Crippen LogP contribution in [0.2, 0.25) is 0 Å². The quantitative estimate of drug-likeness (QED) is 0.622. The molecule has 2 nitrogen and oxygen atoms in total. The molecule has 0 fully saturated rings. The van der Waals surface area contributed by atoms with E-state index in [-0.39, 0.29) is 13.2 Å². The van der Waals surface area contributed by atoms with Crippen LogP contribution in [0.25, 0.3) is 0 Å². The number of benzene rings is 1. The second kappa shape index (κ2) is 4.66. The molecule has 1 aromatic rings. The predicted molar refractivity (Wildman–Crippen MR) is 51.1 cm³/mol. The fraction of sp³-hybridized carbons (Fsp3) is 0.273. The van der Waals surface area contributed by atoms with E-state index in [9.17, 15) is 0 Å². The Hall–Kier alpha value is -1.30. The summed E-state index contributed by atoms with van der Waals surface area (Å²) in [7, 11) is 0. The molecule has 0 atom stereocenters. The van der Waals surface area contributed by atoms with E-state index < -0.39 is 0 Å². The van der Waals surface area contributed by atoms with E-state index in [4.69, 9.17) is 10.2 Å². The zero-order valence-electron chi connectivity index (χ0n) is 7.54. The minimum absolute atomic E-state index is 0.0501. The third kappa shape index (κ3) is 2.59. The smallest absolute Gasteiger partial charge is 0.104 e. The van der Waals surface area contributed by atoms with E-state index in [0.29, 0.717) is 0 Å². The standard InChI is InChI=1S/C11H12O2/c1-9-7-10(8-13)4-5-11(9)3-2-6-12/h4-5,7,12-13H,6,8H2,1H3. The SMILES string of the molecule is Cc1cc(CO)ccc1C#CCO. The first-order valence-corrected chi connectivity index (χ1v) is 4.08. The summed E-state index contributed by atoms with van der Waals surface area (Å²) in [6, 6.07) is 5.57. The lowest BCUT2D eigenvalue weighted by Gasteiger charge is -2.00. The van der Waals surface area contributed by atoms with Gasteiger partial charge in [0.2, 0.25) is 0 Å². The van der Waals surface area contributed by atoms with Gasteiger partial charge in [-0.3, -0.25) is 0 Å². The van der Waals surface area contributed by atoms with Gasteiger partial charge >= 0.3 is 0 Å². The molecule has 13 heavy (non-hydrogen) atoms. The Labute approximate surface area is 77.8 Å². The zero-order valence-corrected chi connectivity index (χ0v) is 7.54. The number of hydrogen-bond acceptors (Lipinski definition) is 2. The van der Waals surface area contributed by atoms with Crippen molar-refractivity contribution in [1.82, 2.24) is 0 Å². The van der Waals surface area contributed by atoms with Crippen LogP contribution < -0.4 is 0 Å². The molecular formula is C11H12O2. The van der Waals surface area contributed by atoms with Gasteiger partial charge in [0.15, 0.2) is 0 Å². The molecule has 0 aliphatic rings. The highest BCUT2D eigenvalue weighted by molar-refractivity contribution is 5.42. The van der Waals surface area contributed by atoms with Crippen molar-refractivity contribution in [2.75, 3.05) is 6.61 Å². The fourth-order valence-corrected chi connectivity index (χ4v) is 1.10. The lowest BCUT2D eigenvalue weighted by Crippen LogP contribution is -1.88. The Balaban J connectivity index is 2.98. The van der Waals surface area contributed by atoms with Crippen LogP contribution >= 0.6 is 0 Å². The number of rotatable bonds is 1. The Morgan fingerprint density at radius 1 is 1.31 bits per heavy atom. The molecule has 0 aliphatic heterocycles. The van der Waals surface area contributed by atoms with Crippen LogP contribution in [0.1, 0.15) is 16.7 Å². The zero-order chi connectivity index (χ0) is 9.68. The molecule has 0 unspecified atom stereocenters. The summed E-state index contributed by atoms with van der Waals surface area (Å²) < 4.78 is 0. The molecule has 68 valence electrons. The van der Waals surface area contributed by atoms with Gasteiger partial charge in [0.1, 0.15) is 6.61 Å². The molecule has 1 rings (SSSR count). The summed E-state index contributed by atoms with van der Waals surface area (Å²) in [6.07, 6.45) is 0. The Morgan fingerprint density at radius 2 is 2.08 bits per heavy atom. The van der Waals surface area contributed by atoms with Crippen LogP contribution in [0.4, 0.5) is 0 Å². The molecule has 1 aromatic carbocycles. The first-order valence-electron chi connectivity index (χ1n) is 4.08. The van der Waals surface area contributed by atoms with Crippen LogP contribution in [0.3, 0.4) is 0 Å². The van der Waals surface area contributed by atoms with Crippen molar-refractivity contribution in [3.63, 3.8) is 0 Å². The summed E-state index contributed by atoms with van der Waals surface area (Å²) in [6.45, 7) is 1.86. The van der Waals surface area contributed by atoms with Gasteiger partial charge in [-0.25, -0.2) is 0 Å². The molecule has 0 aliphatic carbocycles. The van der Waals surface area contributed by atoms with Crippen molar-refractivity contribution in [1.29, 1.82) is 0 Å². The first-order chi connectivity index (χ1) is 6.27. The highest BCUT2D eigenvalue weighted by atomic mass is 16.3. The van der Waals surface area contributed by atoms with Crippen LogP contribution in [0.5, 0.6) is 0 Å². The normalized spacial score (nSPS) is 9.15. The highest BCUT2D eigenvalue weighted by Gasteiger charge is 1.95. The number of aryl methyl sites for hydroxylation is 1. The molecular weight excluding hydrogens is 164 g/mol. The van der Waals surface area contributed by atoms with Crippen LogP contribution in [0, 0.1) is 18.8 Å². The Bertz CT molecular complexity index is 345. The minimum atomic E-state index is -0.124. The number of aliphatic hydroxyl groups excluding tert-OH is 2. The summed E-state index contributed by atoms with van der Waals surface area (Å²) in [5.74, 6) is 5.42. The van der Waals surface area contributed by atoms with E-state index in [0.717, 1.165) is 16.7 Å². The van der Waals surface area contributed by atoms with Crippen LogP contribution in [0.15, 0.2) is 18.2 Å². The fourth-order valence-electron chi connectivity index (χ4n) is 1.10. The third-order valence-corrected chi connectivity index (χ3v) is 1.78. The molecule has 0 saturated carbocycles. The highest BCUT2D eigenvalue weighted by Crippen LogP contribution is 2.09. The molecule has 0 amide bonds. The van der Waals surface area contributed by atoms with E-state index in [1.807, 2.05) is 25.1 Å². The van der Waals surface area contributed by atoms with Gasteiger partial charge < -0.3 is 10.2 Å². The van der Waals surface area contributed by atoms with Gasteiger partial charge in [-0.15, -0.1) is 0 Å². The molecule has 2 heteroatoms. The van der Waals surface area contributed by atoms with Crippen LogP contribution in [-0.2, 0) is 6.61 Å². The molecule has 0 saturated heterocycles. The van der Waals surface area contributed by atoms with E-state index in [1.54, 1.807) is 0 Å². The van der Waals surface area contributed by atoms with Gasteiger partial charge in [-0.2, -0.15) is 0 Å². The molecule has 0 bridgehead atoms. The molecule has 2 N–H and O–H groups in total. The monoisotopic (exact) mass is 176 g/mol. The van der Waals surface area contributed by atoms with Crippen molar-refractivity contribution in [3.05, 3.63) is 34.9 Å². The third-order valence-electron chi connectivity index (χ3n) is 1.78. The van der Waals surface area contributed by atoms with Crippen molar-refractivity contribution in [2.24, 2.45) is 0 Å². The van der Waals surface area contributed by atoms with E-state index in [1.165, 1.54) is 0 Å². The largest absolute Gasteiger partial charge is 0.392 e. The maximum atomic E-state index is 8.85. The van der Waals surface area contributed by atoms with Crippen molar-refractivity contribution >= 4 is 0 Å². The van der Waals surface area contributed by atoms with E-state index >= 15 is 0 Å². The van der Waals surface area contributed by atoms with Gasteiger partial charge in [0, 0.05) is 5.56 Å². The van der Waals surface area contributed by atoms with Crippen molar-refractivity contribution < 1.29 is 10.2 Å². The second-order valence-electron chi connectivity index (χ2n) is 2.77. The lowest BCUT2D eigenvalue weighted by atomic mass is 10.1. The maximum Gasteiger partial charge on any atom is 0.104 e. The van der Waals surface area contributed by atoms with Gasteiger partial charge in [0.05, 0.1) is 6.61 Å². The molecule has 0 aromatic heterocycles. The summed E-state index contributed by atoms with van der Waals surface area (Å²) >= 11 is 0. The van der Waals surface area contributed by atoms with Gasteiger partial charge in [-0.1, -0.05) is 24.0 Å². The number of hydrogen-bond donors (Lipinski definition) is 2. The summed E-state index contributed by atoms with van der Waals surface area (Å²) in [4.78, 5) is 0. The van der Waals surface area contributed by atoms with Crippen molar-refractivity contribution in [2.45, 2.75) is 13.5 Å². The predicted octanol–water partition coefficient (Wildman–Crippen LogP) is 0.831. The lowest BCUT2D eigenvalue weighted by molar-refractivity contribution is 0.282. The molecule has 0 heterocycles. The maximum absolute atomic E-state index is 8.85. The molecule has 0 spiro atoms.